The summed E-state index contributed by atoms with van der Waals surface area (Å²) in [4.78, 5) is 29.1. The molecule has 0 atom stereocenters. The lowest BCUT2D eigenvalue weighted by molar-refractivity contribution is 0.483. The largest absolute Gasteiger partial charge is 0.454 e. The van der Waals surface area contributed by atoms with Crippen LogP contribution in [0.15, 0.2) is 76.4 Å². The maximum absolute atomic E-state index is 12.2. The van der Waals surface area contributed by atoms with Gasteiger partial charge in [-0.25, -0.2) is 4.79 Å². The summed E-state index contributed by atoms with van der Waals surface area (Å²) in [6.07, 6.45) is 2.73. The van der Waals surface area contributed by atoms with Crippen LogP contribution in [0.1, 0.15) is 16.8 Å². The Labute approximate surface area is 207 Å². The zero-order valence-corrected chi connectivity index (χ0v) is 19.4. The Balaban J connectivity index is 1.48. The van der Waals surface area contributed by atoms with Gasteiger partial charge in [-0.1, -0.05) is 53.5 Å². The Hall–Kier alpha value is -4.32. The van der Waals surface area contributed by atoms with Gasteiger partial charge in [0.15, 0.2) is 5.75 Å². The van der Waals surface area contributed by atoms with Crippen LogP contribution in [0.3, 0.4) is 0 Å². The third-order valence-corrected chi connectivity index (χ3v) is 5.92. The number of benzene rings is 3. The van der Waals surface area contributed by atoms with Crippen molar-refractivity contribution in [1.29, 1.82) is 5.26 Å². The van der Waals surface area contributed by atoms with Gasteiger partial charge >= 0.3 is 5.69 Å². The Morgan fingerprint density at radius 2 is 1.77 bits per heavy atom. The first-order chi connectivity index (χ1) is 16.9. The van der Waals surface area contributed by atoms with Crippen LogP contribution >= 0.6 is 23.2 Å². The fraction of sp³-hybridized carbons (Fsp3) is 0.0400. The topological polar surface area (TPSA) is 117 Å². The first-order valence-corrected chi connectivity index (χ1v) is 11.1. The molecule has 0 aliphatic heterocycles. The number of ether oxygens (including phenoxy) is 1. The number of H-pyrrole nitrogens is 2. The zero-order chi connectivity index (χ0) is 24.5. The molecule has 0 amide bonds. The summed E-state index contributed by atoms with van der Waals surface area (Å²) in [7, 11) is 0. The van der Waals surface area contributed by atoms with E-state index in [-0.39, 0.29) is 21.5 Å². The van der Waals surface area contributed by atoms with Crippen LogP contribution in [0, 0.1) is 11.3 Å². The van der Waals surface area contributed by atoms with Gasteiger partial charge in [-0.15, -0.1) is 5.10 Å². The van der Waals surface area contributed by atoms with Gasteiger partial charge in [-0.2, -0.15) is 9.94 Å². The minimum atomic E-state index is -0.877. The number of halogens is 2. The predicted octanol–water partition coefficient (Wildman–Crippen LogP) is 4.96. The highest BCUT2D eigenvalue weighted by Gasteiger charge is 2.16. The lowest BCUT2D eigenvalue weighted by Crippen LogP contribution is -2.33. The number of rotatable bonds is 5. The highest BCUT2D eigenvalue weighted by Crippen LogP contribution is 2.39. The van der Waals surface area contributed by atoms with Gasteiger partial charge in [0.05, 0.1) is 15.7 Å². The molecule has 0 saturated heterocycles. The highest BCUT2D eigenvalue weighted by atomic mass is 35.5. The number of hydrogen-bond donors (Lipinski definition) is 2. The van der Waals surface area contributed by atoms with Crippen LogP contribution in [0.5, 0.6) is 11.5 Å². The number of aromatic nitrogens is 4. The second-order valence-electron chi connectivity index (χ2n) is 7.66. The summed E-state index contributed by atoms with van der Waals surface area (Å²) in [5.41, 5.74) is 1.25. The molecule has 8 nitrogen and oxygen atoms in total. The molecule has 3 aromatic carbocycles. The van der Waals surface area contributed by atoms with E-state index in [4.69, 9.17) is 33.2 Å². The van der Waals surface area contributed by atoms with Crippen molar-refractivity contribution in [2.45, 2.75) is 6.42 Å². The normalized spacial score (nSPS) is 10.9. The molecule has 2 aromatic heterocycles. The second kappa shape index (κ2) is 9.14. The Morgan fingerprint density at radius 3 is 2.49 bits per heavy atom. The van der Waals surface area contributed by atoms with Crippen molar-refractivity contribution in [3.8, 4) is 23.3 Å². The Kier molecular flexibility index (Phi) is 5.87. The maximum Gasteiger partial charge on any atom is 0.349 e. The summed E-state index contributed by atoms with van der Waals surface area (Å²) in [5.74, 6) is 0.712. The van der Waals surface area contributed by atoms with E-state index in [9.17, 15) is 9.59 Å². The molecule has 0 radical (unpaired) electrons. The van der Waals surface area contributed by atoms with Crippen LogP contribution in [-0.2, 0) is 6.42 Å². The maximum atomic E-state index is 12.2. The van der Waals surface area contributed by atoms with Gasteiger partial charge in [0.1, 0.15) is 11.8 Å². The smallest absolute Gasteiger partial charge is 0.349 e. The molecule has 35 heavy (non-hydrogen) atoms. The molecule has 5 rings (SSSR count). The molecule has 0 bridgehead atoms. The minimum Gasteiger partial charge on any atom is -0.454 e. The zero-order valence-electron chi connectivity index (χ0n) is 17.9. The van der Waals surface area contributed by atoms with Crippen molar-refractivity contribution in [3.63, 3.8) is 0 Å². The van der Waals surface area contributed by atoms with Crippen molar-refractivity contribution in [2.24, 2.45) is 0 Å². The van der Waals surface area contributed by atoms with E-state index in [0.717, 1.165) is 27.6 Å². The van der Waals surface area contributed by atoms with Crippen molar-refractivity contribution in [1.82, 2.24) is 19.7 Å². The van der Waals surface area contributed by atoms with Gasteiger partial charge in [0.25, 0.3) is 5.56 Å². The summed E-state index contributed by atoms with van der Waals surface area (Å²) in [6, 6.07) is 20.2. The fourth-order valence-corrected chi connectivity index (χ4v) is 4.27. The summed E-state index contributed by atoms with van der Waals surface area (Å²) in [5, 5.41) is 14.0. The van der Waals surface area contributed by atoms with Gasteiger partial charge in [-0.05, 0) is 47.9 Å². The number of nitriles is 1. The Morgan fingerprint density at radius 1 is 1.03 bits per heavy atom. The van der Waals surface area contributed by atoms with Crippen LogP contribution < -0.4 is 16.0 Å². The Bertz CT molecular complexity index is 1710. The fourth-order valence-electron chi connectivity index (χ4n) is 3.72. The first-order valence-electron chi connectivity index (χ1n) is 10.4. The average molecular weight is 504 g/mol. The van der Waals surface area contributed by atoms with Gasteiger partial charge in [0.2, 0.25) is 5.69 Å². The molecular weight excluding hydrogens is 489 g/mol. The summed E-state index contributed by atoms with van der Waals surface area (Å²) >= 11 is 12.9. The number of hydrogen-bond acceptors (Lipinski definition) is 5. The van der Waals surface area contributed by atoms with Crippen LogP contribution in [-0.4, -0.2) is 19.7 Å². The predicted molar refractivity (Wildman–Crippen MR) is 133 cm³/mol. The van der Waals surface area contributed by atoms with E-state index < -0.39 is 16.9 Å². The van der Waals surface area contributed by atoms with E-state index >= 15 is 0 Å². The van der Waals surface area contributed by atoms with Crippen molar-refractivity contribution in [3.05, 3.63) is 115 Å². The summed E-state index contributed by atoms with van der Waals surface area (Å²) in [6.45, 7) is 0. The molecular formula is C25H15Cl2N5O3. The van der Waals surface area contributed by atoms with Crippen molar-refractivity contribution in [2.75, 3.05) is 0 Å². The molecule has 10 heteroatoms. The molecule has 5 aromatic rings. The number of aromatic amines is 2. The van der Waals surface area contributed by atoms with Gasteiger partial charge in [0, 0.05) is 17.1 Å². The quantitative estimate of drug-likeness (QED) is 0.351. The molecule has 2 N–H and O–H groups in total. The number of nitrogens with zero attached hydrogens (tertiary/aromatic N) is 3. The molecule has 0 spiro atoms. The molecule has 172 valence electrons. The van der Waals surface area contributed by atoms with Crippen LogP contribution in [0.4, 0.5) is 0 Å². The molecule has 0 aliphatic carbocycles. The second-order valence-corrected chi connectivity index (χ2v) is 8.47. The average Bonchev–Trinajstić information content (AvgIpc) is 3.24. The van der Waals surface area contributed by atoms with Crippen LogP contribution in [0.25, 0.3) is 16.6 Å². The first kappa shape index (κ1) is 22.5. The van der Waals surface area contributed by atoms with E-state index in [1.54, 1.807) is 12.1 Å². The lowest BCUT2D eigenvalue weighted by atomic mass is 10.0. The van der Waals surface area contributed by atoms with E-state index in [1.807, 2.05) is 41.5 Å². The SMILES string of the molecule is N#Cc1nn(-c2cc(Cl)c(Oc3ccc4[nH]cc(Cc5ccccc5)c4c3)c(Cl)c2)c(=O)[nH]c1=O. The van der Waals surface area contributed by atoms with Gasteiger partial charge < -0.3 is 9.72 Å². The number of nitrogens with one attached hydrogen (secondary N) is 2. The lowest BCUT2D eigenvalue weighted by Gasteiger charge is -2.12. The van der Waals surface area contributed by atoms with E-state index in [1.165, 1.54) is 17.7 Å². The van der Waals surface area contributed by atoms with E-state index in [2.05, 4.69) is 22.2 Å². The molecule has 0 unspecified atom stereocenters. The molecule has 2 heterocycles. The van der Waals surface area contributed by atoms with E-state index in [0.29, 0.717) is 5.75 Å². The third kappa shape index (κ3) is 4.43. The third-order valence-electron chi connectivity index (χ3n) is 5.36. The highest BCUT2D eigenvalue weighted by molar-refractivity contribution is 6.37. The summed E-state index contributed by atoms with van der Waals surface area (Å²) < 4.78 is 6.85. The van der Waals surface area contributed by atoms with Gasteiger partial charge in [-0.3, -0.25) is 9.78 Å². The van der Waals surface area contributed by atoms with Crippen molar-refractivity contribution < 1.29 is 4.74 Å². The minimum absolute atomic E-state index is 0.115. The van der Waals surface area contributed by atoms with Crippen molar-refractivity contribution >= 4 is 34.1 Å². The molecule has 0 saturated carbocycles. The molecule has 0 aliphatic rings. The number of fused-ring (bicyclic) bond motifs is 1. The van der Waals surface area contributed by atoms with Crippen LogP contribution in [0.2, 0.25) is 10.0 Å². The monoisotopic (exact) mass is 503 g/mol. The standard InChI is InChI=1S/C25H15Cl2N5O3/c26-19-9-16(32-25(34)30-24(33)22(12-28)31-32)10-20(27)23(19)35-17-6-7-21-18(11-17)15(13-29-21)8-14-4-2-1-3-5-14/h1-7,9-11,13,29H,8H2,(H,30,33,34). The molecule has 0 fully saturated rings.